The van der Waals surface area contributed by atoms with Gasteiger partial charge in [0.15, 0.2) is 0 Å². The summed E-state index contributed by atoms with van der Waals surface area (Å²) in [5, 5.41) is 0. The molecule has 0 bridgehead atoms. The summed E-state index contributed by atoms with van der Waals surface area (Å²) >= 11 is 0. The molecule has 0 aromatic rings. The molecule has 13 heavy (non-hydrogen) atoms. The highest BCUT2D eigenvalue weighted by atomic mass is 16.6. The molecule has 0 aliphatic carbocycles. The van der Waals surface area contributed by atoms with Gasteiger partial charge in [-0.3, -0.25) is 0 Å². The molecule has 0 spiro atoms. The van der Waals surface area contributed by atoms with Crippen molar-refractivity contribution in [1.82, 2.24) is 0 Å². The zero-order valence-electron chi connectivity index (χ0n) is 7.26. The van der Waals surface area contributed by atoms with Gasteiger partial charge >= 0.3 is 0 Å². The molecule has 1 fully saturated rings. The monoisotopic (exact) mass is 180 g/mol. The van der Waals surface area contributed by atoms with Crippen molar-refractivity contribution < 1.29 is 14.2 Å². The van der Waals surface area contributed by atoms with Crippen LogP contribution >= 0.6 is 0 Å². The van der Waals surface area contributed by atoms with Crippen LogP contribution in [0.5, 0.6) is 0 Å². The van der Waals surface area contributed by atoms with Crippen LogP contribution in [-0.2, 0) is 14.2 Å². The van der Waals surface area contributed by atoms with E-state index in [1.54, 1.807) is 0 Å². The summed E-state index contributed by atoms with van der Waals surface area (Å²) in [6.07, 6.45) is 8.52. The molecule has 3 aliphatic heterocycles. The minimum absolute atomic E-state index is 0.0894. The normalized spacial score (nSPS) is 47.4. The van der Waals surface area contributed by atoms with Crippen molar-refractivity contribution in [2.75, 3.05) is 13.2 Å². The van der Waals surface area contributed by atoms with Gasteiger partial charge < -0.3 is 14.2 Å². The average Bonchev–Trinajstić information content (AvgIpc) is 2.56. The van der Waals surface area contributed by atoms with E-state index >= 15 is 0 Å². The van der Waals surface area contributed by atoms with Gasteiger partial charge in [-0.25, -0.2) is 0 Å². The quantitative estimate of drug-likeness (QED) is 0.513. The van der Waals surface area contributed by atoms with E-state index in [4.69, 9.17) is 14.2 Å². The van der Waals surface area contributed by atoms with Crippen molar-refractivity contribution >= 4 is 0 Å². The molecule has 3 heterocycles. The SMILES string of the molecule is C1=CC2OC3C=CCOC3C2OC1. The third-order valence-electron chi connectivity index (χ3n) is 2.71. The molecule has 70 valence electrons. The fraction of sp³-hybridized carbons (Fsp3) is 0.600. The van der Waals surface area contributed by atoms with Gasteiger partial charge in [-0.05, 0) is 0 Å². The lowest BCUT2D eigenvalue weighted by Crippen LogP contribution is -2.39. The van der Waals surface area contributed by atoms with E-state index in [2.05, 4.69) is 12.2 Å². The highest BCUT2D eigenvalue weighted by molar-refractivity contribution is 5.13. The van der Waals surface area contributed by atoms with Crippen molar-refractivity contribution in [3.05, 3.63) is 24.3 Å². The highest BCUT2D eigenvalue weighted by Crippen LogP contribution is 2.31. The van der Waals surface area contributed by atoms with Crippen LogP contribution in [0.1, 0.15) is 0 Å². The average molecular weight is 180 g/mol. The maximum absolute atomic E-state index is 5.75. The second-order valence-electron chi connectivity index (χ2n) is 3.52. The van der Waals surface area contributed by atoms with Gasteiger partial charge in [-0.2, -0.15) is 0 Å². The topological polar surface area (TPSA) is 27.7 Å². The fourth-order valence-corrected chi connectivity index (χ4v) is 2.11. The van der Waals surface area contributed by atoms with E-state index in [0.717, 1.165) is 0 Å². The zero-order chi connectivity index (χ0) is 8.67. The Labute approximate surface area is 77.0 Å². The Kier molecular flexibility index (Phi) is 1.75. The molecule has 1 saturated heterocycles. The lowest BCUT2D eigenvalue weighted by Gasteiger charge is -2.25. The molecule has 0 aromatic carbocycles. The van der Waals surface area contributed by atoms with E-state index in [1.165, 1.54) is 0 Å². The molecule has 0 amide bonds. The molecule has 0 radical (unpaired) electrons. The predicted molar refractivity (Wildman–Crippen MR) is 46.4 cm³/mol. The Morgan fingerprint density at radius 1 is 0.846 bits per heavy atom. The van der Waals surface area contributed by atoms with Crippen LogP contribution in [-0.4, -0.2) is 37.6 Å². The molecule has 4 atom stereocenters. The van der Waals surface area contributed by atoms with Crippen LogP contribution in [0.3, 0.4) is 0 Å². The number of fused-ring (bicyclic) bond motifs is 3. The Morgan fingerprint density at radius 2 is 1.38 bits per heavy atom. The molecule has 4 unspecified atom stereocenters. The standard InChI is InChI=1S/C10H12O3/c1-3-7-9(11-5-1)10-8(13-7)4-2-6-12-10/h1-4,7-10H,5-6H2. The van der Waals surface area contributed by atoms with E-state index in [-0.39, 0.29) is 24.4 Å². The van der Waals surface area contributed by atoms with Crippen LogP contribution in [0.2, 0.25) is 0 Å². The first-order chi connectivity index (χ1) is 6.45. The van der Waals surface area contributed by atoms with Crippen LogP contribution in [0.15, 0.2) is 24.3 Å². The molecule has 3 nitrogen and oxygen atoms in total. The largest absolute Gasteiger partial charge is 0.368 e. The molecule has 3 heteroatoms. The second-order valence-corrected chi connectivity index (χ2v) is 3.52. The van der Waals surface area contributed by atoms with Gasteiger partial charge in [0, 0.05) is 0 Å². The number of rotatable bonds is 0. The summed E-state index contributed by atoms with van der Waals surface area (Å²) in [7, 11) is 0. The Morgan fingerprint density at radius 3 is 1.92 bits per heavy atom. The van der Waals surface area contributed by atoms with Crippen molar-refractivity contribution in [2.24, 2.45) is 0 Å². The lowest BCUT2D eigenvalue weighted by molar-refractivity contribution is -0.0503. The zero-order valence-corrected chi connectivity index (χ0v) is 7.26. The molecular formula is C10H12O3. The number of hydrogen-bond donors (Lipinski definition) is 0. The molecular weight excluding hydrogens is 168 g/mol. The van der Waals surface area contributed by atoms with Crippen LogP contribution < -0.4 is 0 Å². The third kappa shape index (κ3) is 1.15. The number of ether oxygens (including phenoxy) is 3. The minimum Gasteiger partial charge on any atom is -0.368 e. The Balaban J connectivity index is 1.87. The first-order valence-electron chi connectivity index (χ1n) is 4.67. The van der Waals surface area contributed by atoms with Gasteiger partial charge in [-0.15, -0.1) is 0 Å². The van der Waals surface area contributed by atoms with E-state index in [1.807, 2.05) is 12.2 Å². The first-order valence-corrected chi connectivity index (χ1v) is 4.67. The van der Waals surface area contributed by atoms with E-state index in [0.29, 0.717) is 13.2 Å². The summed E-state index contributed by atoms with van der Waals surface area (Å²) in [6, 6.07) is 0. The maximum Gasteiger partial charge on any atom is 0.117 e. The Hall–Kier alpha value is -0.640. The smallest absolute Gasteiger partial charge is 0.117 e. The second kappa shape index (κ2) is 2.94. The van der Waals surface area contributed by atoms with Crippen molar-refractivity contribution in [2.45, 2.75) is 24.4 Å². The fourth-order valence-electron chi connectivity index (χ4n) is 2.11. The number of hydrogen-bond acceptors (Lipinski definition) is 3. The maximum atomic E-state index is 5.75. The van der Waals surface area contributed by atoms with Crippen molar-refractivity contribution in [1.29, 1.82) is 0 Å². The lowest BCUT2D eigenvalue weighted by atomic mass is 10.0. The third-order valence-corrected chi connectivity index (χ3v) is 2.71. The molecule has 0 aromatic heterocycles. The molecule has 0 saturated carbocycles. The van der Waals surface area contributed by atoms with E-state index < -0.39 is 0 Å². The minimum atomic E-state index is 0.0894. The summed E-state index contributed by atoms with van der Waals surface area (Å²) in [5.74, 6) is 0. The Bertz CT molecular complexity index is 233. The predicted octanol–water partition coefficient (Wildman–Crippen LogP) is 0.664. The van der Waals surface area contributed by atoms with Gasteiger partial charge in [0.2, 0.25) is 0 Å². The van der Waals surface area contributed by atoms with Crippen LogP contribution in [0.25, 0.3) is 0 Å². The van der Waals surface area contributed by atoms with Crippen molar-refractivity contribution in [3.8, 4) is 0 Å². The summed E-state index contributed by atoms with van der Waals surface area (Å²) in [4.78, 5) is 0. The summed E-state index contributed by atoms with van der Waals surface area (Å²) in [6.45, 7) is 1.36. The van der Waals surface area contributed by atoms with Crippen LogP contribution in [0.4, 0.5) is 0 Å². The van der Waals surface area contributed by atoms with Crippen molar-refractivity contribution in [3.63, 3.8) is 0 Å². The highest BCUT2D eigenvalue weighted by Gasteiger charge is 2.45. The van der Waals surface area contributed by atoms with Gasteiger partial charge in [0.05, 0.1) is 13.2 Å². The molecule has 3 rings (SSSR count). The molecule has 0 N–H and O–H groups in total. The van der Waals surface area contributed by atoms with Crippen LogP contribution in [0, 0.1) is 0 Å². The van der Waals surface area contributed by atoms with Gasteiger partial charge in [-0.1, -0.05) is 24.3 Å². The summed E-state index contributed by atoms with van der Waals surface area (Å²) in [5.41, 5.74) is 0. The van der Waals surface area contributed by atoms with Gasteiger partial charge in [0.25, 0.3) is 0 Å². The van der Waals surface area contributed by atoms with Gasteiger partial charge in [0.1, 0.15) is 24.4 Å². The molecule has 3 aliphatic rings. The van der Waals surface area contributed by atoms with E-state index in [9.17, 15) is 0 Å². The summed E-state index contributed by atoms with van der Waals surface area (Å²) < 4.78 is 16.9. The first kappa shape index (κ1) is 7.74.